The van der Waals surface area contributed by atoms with Crippen LogP contribution in [0.15, 0.2) is 0 Å². The van der Waals surface area contributed by atoms with E-state index in [1.807, 2.05) is 11.3 Å². The Morgan fingerprint density at radius 2 is 2.00 bits per heavy atom. The highest BCUT2D eigenvalue weighted by Crippen LogP contribution is 2.41. The van der Waals surface area contributed by atoms with Crippen LogP contribution in [-0.2, 0) is 24.1 Å². The highest BCUT2D eigenvalue weighted by molar-refractivity contribution is 7.19. The van der Waals surface area contributed by atoms with Gasteiger partial charge in [0.25, 0.3) is 0 Å². The van der Waals surface area contributed by atoms with E-state index in [0.717, 1.165) is 57.7 Å². The molecule has 1 aliphatic carbocycles. The molecule has 2 aliphatic heterocycles. The highest BCUT2D eigenvalue weighted by atomic mass is 32.1. The second kappa shape index (κ2) is 7.06. The fraction of sp³-hybridized carbons (Fsp3) is 0.700. The minimum absolute atomic E-state index is 0.802. The molecule has 0 bridgehead atoms. The molecule has 1 atom stereocenters. The first-order chi connectivity index (χ1) is 12.8. The van der Waals surface area contributed by atoms with Crippen LogP contribution in [0.4, 0.5) is 5.82 Å². The summed E-state index contributed by atoms with van der Waals surface area (Å²) in [6.45, 7) is 9.47. The molecule has 2 aromatic heterocycles. The average molecular weight is 374 g/mol. The topological polar surface area (TPSA) is 42.7 Å². The van der Waals surface area contributed by atoms with Gasteiger partial charge in [0.05, 0.1) is 18.6 Å². The first kappa shape index (κ1) is 16.9. The number of morpholine rings is 1. The molecule has 0 unspecified atom stereocenters. The van der Waals surface area contributed by atoms with E-state index in [2.05, 4.69) is 11.8 Å². The smallest absolute Gasteiger partial charge is 0.187 e. The van der Waals surface area contributed by atoms with E-state index in [0.29, 0.717) is 0 Å². The summed E-state index contributed by atoms with van der Waals surface area (Å²) >= 11 is 1.94. The van der Waals surface area contributed by atoms with Crippen molar-refractivity contribution in [1.82, 2.24) is 9.97 Å². The van der Waals surface area contributed by atoms with E-state index in [4.69, 9.17) is 14.7 Å². The molecule has 0 saturated carbocycles. The Morgan fingerprint density at radius 1 is 1.19 bits per heavy atom. The standard InChI is InChI=1S/C20H28N4OS/c1-14-4-5-15-16(12-14)26-20-18(15)19(24-6-2-3-7-24)21-17(22-20)13-23-8-10-25-11-9-23/h14H,2-13H2,1H3/p+1/t14-/m0/s1. The maximum absolute atomic E-state index is 5.51. The van der Waals surface area contributed by atoms with Gasteiger partial charge in [-0.1, -0.05) is 6.92 Å². The minimum Gasteiger partial charge on any atom is -0.370 e. The van der Waals surface area contributed by atoms with E-state index in [1.54, 1.807) is 15.3 Å². The van der Waals surface area contributed by atoms with Crippen molar-refractivity contribution in [2.75, 3.05) is 44.3 Å². The summed E-state index contributed by atoms with van der Waals surface area (Å²) in [6.07, 6.45) is 6.31. The highest BCUT2D eigenvalue weighted by Gasteiger charge is 2.27. The van der Waals surface area contributed by atoms with Crippen LogP contribution in [0.3, 0.4) is 0 Å². The molecule has 2 fully saturated rings. The maximum atomic E-state index is 5.51. The van der Waals surface area contributed by atoms with Gasteiger partial charge >= 0.3 is 0 Å². The zero-order valence-electron chi connectivity index (χ0n) is 15.7. The lowest BCUT2D eigenvalue weighted by Crippen LogP contribution is -3.12. The molecule has 0 amide bonds. The molecule has 5 rings (SSSR count). The molecule has 26 heavy (non-hydrogen) atoms. The first-order valence-corrected chi connectivity index (χ1v) is 11.1. The second-order valence-corrected chi connectivity index (χ2v) is 9.31. The summed E-state index contributed by atoms with van der Waals surface area (Å²) in [7, 11) is 0. The van der Waals surface area contributed by atoms with Crippen LogP contribution in [0.1, 0.15) is 42.5 Å². The van der Waals surface area contributed by atoms with Gasteiger partial charge in [0, 0.05) is 18.0 Å². The molecule has 0 aromatic carbocycles. The number of anilines is 1. The quantitative estimate of drug-likeness (QED) is 0.891. The molecule has 4 heterocycles. The van der Waals surface area contributed by atoms with Gasteiger partial charge in [-0.2, -0.15) is 0 Å². The van der Waals surface area contributed by atoms with Crippen molar-refractivity contribution in [3.63, 3.8) is 0 Å². The van der Waals surface area contributed by atoms with Crippen molar-refractivity contribution in [1.29, 1.82) is 0 Å². The van der Waals surface area contributed by atoms with E-state index in [9.17, 15) is 0 Å². The van der Waals surface area contributed by atoms with Crippen molar-refractivity contribution in [3.8, 4) is 0 Å². The number of ether oxygens (including phenoxy) is 1. The summed E-state index contributed by atoms with van der Waals surface area (Å²) in [6, 6.07) is 0. The zero-order chi connectivity index (χ0) is 17.5. The van der Waals surface area contributed by atoms with Crippen LogP contribution in [0, 0.1) is 5.92 Å². The van der Waals surface area contributed by atoms with Crippen LogP contribution in [0.25, 0.3) is 10.2 Å². The van der Waals surface area contributed by atoms with Gasteiger partial charge in [-0.15, -0.1) is 11.3 Å². The minimum atomic E-state index is 0.802. The molecule has 0 spiro atoms. The third kappa shape index (κ3) is 3.12. The predicted molar refractivity (Wildman–Crippen MR) is 105 cm³/mol. The SMILES string of the molecule is C[C@H]1CCc2c(sc3nc(C[NH+]4CCOCC4)nc(N4CCCC4)c23)C1. The largest absolute Gasteiger partial charge is 0.370 e. The maximum Gasteiger partial charge on any atom is 0.187 e. The van der Waals surface area contributed by atoms with Gasteiger partial charge in [-0.25, -0.2) is 9.97 Å². The third-order valence-electron chi connectivity index (χ3n) is 6.20. The molecule has 140 valence electrons. The summed E-state index contributed by atoms with van der Waals surface area (Å²) < 4.78 is 5.51. The van der Waals surface area contributed by atoms with Crippen molar-refractivity contribution in [3.05, 3.63) is 16.3 Å². The Bertz CT molecular complexity index is 793. The van der Waals surface area contributed by atoms with Gasteiger partial charge in [-0.05, 0) is 43.6 Å². The van der Waals surface area contributed by atoms with E-state index in [1.165, 1.54) is 48.1 Å². The predicted octanol–water partition coefficient (Wildman–Crippen LogP) is 1.83. The Hall–Kier alpha value is -1.24. The Kier molecular flexibility index (Phi) is 4.59. The average Bonchev–Trinajstić information content (AvgIpc) is 3.29. The van der Waals surface area contributed by atoms with Crippen LogP contribution < -0.4 is 9.80 Å². The summed E-state index contributed by atoms with van der Waals surface area (Å²) in [5.41, 5.74) is 1.57. The van der Waals surface area contributed by atoms with Crippen LogP contribution in [-0.4, -0.2) is 49.4 Å². The van der Waals surface area contributed by atoms with Gasteiger partial charge in [0.15, 0.2) is 5.82 Å². The lowest BCUT2D eigenvalue weighted by Gasteiger charge is -2.24. The van der Waals surface area contributed by atoms with Crippen molar-refractivity contribution in [2.24, 2.45) is 5.92 Å². The van der Waals surface area contributed by atoms with Gasteiger partial charge in [0.1, 0.15) is 30.3 Å². The third-order valence-corrected chi connectivity index (χ3v) is 7.34. The lowest BCUT2D eigenvalue weighted by atomic mass is 9.89. The van der Waals surface area contributed by atoms with Crippen LogP contribution in [0.2, 0.25) is 0 Å². The molecular weight excluding hydrogens is 344 g/mol. The number of nitrogens with zero attached hydrogens (tertiary/aromatic N) is 3. The number of fused-ring (bicyclic) bond motifs is 3. The number of hydrogen-bond acceptors (Lipinski definition) is 5. The number of aromatic nitrogens is 2. The fourth-order valence-electron chi connectivity index (χ4n) is 4.66. The first-order valence-electron chi connectivity index (χ1n) is 10.3. The number of hydrogen-bond donors (Lipinski definition) is 1. The number of nitrogens with one attached hydrogen (secondary N) is 1. The lowest BCUT2D eigenvalue weighted by molar-refractivity contribution is -0.922. The molecular formula is C20H29N4OS+. The number of thiophene rings is 1. The molecule has 2 aromatic rings. The van der Waals surface area contributed by atoms with Crippen LogP contribution >= 0.6 is 11.3 Å². The molecule has 0 radical (unpaired) electrons. The van der Waals surface area contributed by atoms with Gasteiger partial charge < -0.3 is 14.5 Å². The van der Waals surface area contributed by atoms with Crippen molar-refractivity contribution >= 4 is 27.4 Å². The fourth-order valence-corrected chi connectivity index (χ4v) is 6.06. The normalized spacial score (nSPS) is 24.3. The van der Waals surface area contributed by atoms with E-state index < -0.39 is 0 Å². The van der Waals surface area contributed by atoms with E-state index >= 15 is 0 Å². The second-order valence-electron chi connectivity index (χ2n) is 8.23. The molecule has 1 N–H and O–H groups in total. The molecule has 3 aliphatic rings. The summed E-state index contributed by atoms with van der Waals surface area (Å²) in [5, 5.41) is 1.39. The molecule has 6 heteroatoms. The Morgan fingerprint density at radius 3 is 2.81 bits per heavy atom. The van der Waals surface area contributed by atoms with Crippen molar-refractivity contribution < 1.29 is 9.64 Å². The summed E-state index contributed by atoms with van der Waals surface area (Å²) in [5.74, 6) is 3.07. The van der Waals surface area contributed by atoms with Crippen molar-refractivity contribution in [2.45, 2.75) is 45.6 Å². The Balaban J connectivity index is 1.56. The van der Waals surface area contributed by atoms with Gasteiger partial charge in [-0.3, -0.25) is 0 Å². The van der Waals surface area contributed by atoms with Crippen LogP contribution in [0.5, 0.6) is 0 Å². The number of aryl methyl sites for hydroxylation is 1. The van der Waals surface area contributed by atoms with E-state index in [-0.39, 0.29) is 0 Å². The summed E-state index contributed by atoms with van der Waals surface area (Å²) in [4.78, 5) is 17.1. The molecule has 5 nitrogen and oxygen atoms in total. The monoisotopic (exact) mass is 373 g/mol. The Labute approximate surface area is 159 Å². The van der Waals surface area contributed by atoms with Gasteiger partial charge in [0.2, 0.25) is 0 Å². The molecule has 2 saturated heterocycles. The number of quaternary nitrogens is 1. The number of rotatable bonds is 3. The zero-order valence-corrected chi connectivity index (χ0v) is 16.5.